The summed E-state index contributed by atoms with van der Waals surface area (Å²) in [6.07, 6.45) is 5.62. The van der Waals surface area contributed by atoms with Gasteiger partial charge >= 0.3 is 0 Å². The number of hydrogen-bond donors (Lipinski definition) is 3. The second-order valence-electron chi connectivity index (χ2n) is 6.87. The lowest BCUT2D eigenvalue weighted by Gasteiger charge is -2.35. The van der Waals surface area contributed by atoms with E-state index in [0.29, 0.717) is 5.02 Å². The Morgan fingerprint density at radius 2 is 1.48 bits per heavy atom. The molecule has 146 valence electrons. The Kier molecular flexibility index (Phi) is 8.46. The number of para-hydroxylation sites is 1. The van der Waals surface area contributed by atoms with E-state index < -0.39 is 5.54 Å². The Morgan fingerprint density at radius 1 is 0.889 bits per heavy atom. The van der Waals surface area contributed by atoms with Gasteiger partial charge in [-0.2, -0.15) is 0 Å². The van der Waals surface area contributed by atoms with Crippen molar-refractivity contribution < 1.29 is 4.79 Å². The van der Waals surface area contributed by atoms with E-state index in [1.165, 1.54) is 0 Å². The number of nitrogens with one attached hydrogen (secondary N) is 3. The Labute approximate surface area is 167 Å². The van der Waals surface area contributed by atoms with Crippen LogP contribution in [0.3, 0.4) is 0 Å². The highest BCUT2D eigenvalue weighted by Gasteiger charge is 2.37. The van der Waals surface area contributed by atoms with Gasteiger partial charge in [0, 0.05) is 10.7 Å². The highest BCUT2D eigenvalue weighted by atomic mass is 35.5. The molecule has 0 aliphatic heterocycles. The number of carbonyl (C=O) groups excluding carboxylic acids is 1. The quantitative estimate of drug-likeness (QED) is 0.413. The number of halogens is 1. The number of hydrazine groups is 1. The van der Waals surface area contributed by atoms with Gasteiger partial charge in [0.1, 0.15) is 5.54 Å². The van der Waals surface area contributed by atoms with Crippen LogP contribution in [0.5, 0.6) is 0 Å². The van der Waals surface area contributed by atoms with E-state index >= 15 is 0 Å². The Morgan fingerprint density at radius 3 is 2.04 bits per heavy atom. The van der Waals surface area contributed by atoms with Crippen LogP contribution in [0.25, 0.3) is 0 Å². The molecule has 3 N–H and O–H groups in total. The average Bonchev–Trinajstić information content (AvgIpc) is 2.70. The molecule has 27 heavy (non-hydrogen) atoms. The lowest BCUT2D eigenvalue weighted by atomic mass is 9.85. The zero-order chi connectivity index (χ0) is 19.5. The molecule has 0 spiro atoms. The van der Waals surface area contributed by atoms with Gasteiger partial charge in [0.2, 0.25) is 0 Å². The molecule has 0 bridgehead atoms. The number of carbonyl (C=O) groups is 1. The van der Waals surface area contributed by atoms with Crippen molar-refractivity contribution in [3.63, 3.8) is 0 Å². The van der Waals surface area contributed by atoms with Gasteiger partial charge in [0.25, 0.3) is 5.91 Å². The van der Waals surface area contributed by atoms with E-state index in [1.807, 2.05) is 42.5 Å². The van der Waals surface area contributed by atoms with E-state index in [0.717, 1.165) is 49.9 Å². The number of anilines is 2. The minimum absolute atomic E-state index is 0.0387. The summed E-state index contributed by atoms with van der Waals surface area (Å²) in [6, 6.07) is 17.2. The first-order valence-corrected chi connectivity index (χ1v) is 10.1. The van der Waals surface area contributed by atoms with Gasteiger partial charge in [-0.25, -0.2) is 0 Å². The van der Waals surface area contributed by atoms with Crippen molar-refractivity contribution in [3.05, 3.63) is 59.6 Å². The summed E-state index contributed by atoms with van der Waals surface area (Å²) in [5.41, 5.74) is 7.04. The van der Waals surface area contributed by atoms with Crippen LogP contribution < -0.4 is 16.2 Å². The van der Waals surface area contributed by atoms with Crippen molar-refractivity contribution in [2.75, 3.05) is 10.7 Å². The van der Waals surface area contributed by atoms with Crippen LogP contribution in [-0.2, 0) is 4.79 Å². The van der Waals surface area contributed by atoms with Crippen LogP contribution in [0, 0.1) is 0 Å². The third-order valence-electron chi connectivity index (χ3n) is 4.67. The molecule has 0 saturated heterocycles. The third kappa shape index (κ3) is 6.47. The molecule has 0 fully saturated rings. The van der Waals surface area contributed by atoms with Crippen LogP contribution in [0.1, 0.15) is 52.4 Å². The first kappa shape index (κ1) is 21.1. The van der Waals surface area contributed by atoms with Crippen molar-refractivity contribution in [3.8, 4) is 0 Å². The summed E-state index contributed by atoms with van der Waals surface area (Å²) >= 11 is 5.93. The van der Waals surface area contributed by atoms with Crippen LogP contribution in [0.2, 0.25) is 5.02 Å². The number of hydrogen-bond acceptors (Lipinski definition) is 3. The highest BCUT2D eigenvalue weighted by Crippen LogP contribution is 2.27. The summed E-state index contributed by atoms with van der Waals surface area (Å²) in [5.74, 6) is -0.0387. The minimum Gasteiger partial charge on any atom is -0.371 e. The molecule has 0 radical (unpaired) electrons. The van der Waals surface area contributed by atoms with Crippen molar-refractivity contribution in [2.45, 2.75) is 57.9 Å². The first-order valence-electron chi connectivity index (χ1n) is 9.75. The lowest BCUT2D eigenvalue weighted by Crippen LogP contribution is -2.54. The first-order chi connectivity index (χ1) is 13.1. The van der Waals surface area contributed by atoms with Crippen molar-refractivity contribution in [2.24, 2.45) is 0 Å². The van der Waals surface area contributed by atoms with E-state index in [4.69, 9.17) is 11.6 Å². The molecule has 0 atom stereocenters. The molecular formula is C22H30ClN3O. The molecule has 0 aliphatic rings. The predicted octanol–water partition coefficient (Wildman–Crippen LogP) is 6.01. The zero-order valence-corrected chi connectivity index (χ0v) is 17.0. The van der Waals surface area contributed by atoms with Crippen LogP contribution in [-0.4, -0.2) is 11.4 Å². The van der Waals surface area contributed by atoms with E-state index in [9.17, 15) is 4.79 Å². The summed E-state index contributed by atoms with van der Waals surface area (Å²) in [5, 5.41) is 4.20. The Bertz CT molecular complexity index is 680. The number of unbranched alkanes of at least 4 members (excludes halogenated alkanes) is 2. The second-order valence-corrected chi connectivity index (χ2v) is 7.30. The fourth-order valence-electron chi connectivity index (χ4n) is 3.07. The Balaban J connectivity index is 2.18. The van der Waals surface area contributed by atoms with Gasteiger partial charge in [-0.3, -0.25) is 15.6 Å². The van der Waals surface area contributed by atoms with Gasteiger partial charge in [-0.05, 0) is 49.2 Å². The molecule has 0 aromatic heterocycles. The average molecular weight is 388 g/mol. The minimum atomic E-state index is -0.646. The zero-order valence-electron chi connectivity index (χ0n) is 16.2. The number of amides is 1. The largest absolute Gasteiger partial charge is 0.371 e. The number of benzene rings is 2. The topological polar surface area (TPSA) is 53.2 Å². The molecule has 0 heterocycles. The molecule has 2 aromatic carbocycles. The smallest absolute Gasteiger partial charge is 0.263 e. The standard InChI is InChI=1S/C22H30ClN3O/c1-3-5-16-22(17-6-4-2,24-19-10-8-7-9-11-19)21(27)26-25-20-14-12-18(23)13-15-20/h7-15,24-25H,3-6,16-17H2,1-2H3,(H,26,27). The molecule has 1 amide bonds. The molecule has 0 saturated carbocycles. The van der Waals surface area contributed by atoms with Crippen LogP contribution in [0.4, 0.5) is 11.4 Å². The molecule has 5 heteroatoms. The van der Waals surface area contributed by atoms with Gasteiger partial charge in [-0.1, -0.05) is 69.3 Å². The van der Waals surface area contributed by atoms with Gasteiger partial charge in [0.15, 0.2) is 0 Å². The number of rotatable bonds is 11. The highest BCUT2D eigenvalue weighted by molar-refractivity contribution is 6.30. The van der Waals surface area contributed by atoms with Crippen molar-refractivity contribution in [1.82, 2.24) is 5.43 Å². The third-order valence-corrected chi connectivity index (χ3v) is 4.92. The van der Waals surface area contributed by atoms with Crippen molar-refractivity contribution >= 4 is 28.9 Å². The van der Waals surface area contributed by atoms with Gasteiger partial charge in [-0.15, -0.1) is 0 Å². The molecule has 2 aromatic rings. The normalized spacial score (nSPS) is 11.1. The maximum atomic E-state index is 13.3. The fraction of sp³-hybridized carbons (Fsp3) is 0.409. The van der Waals surface area contributed by atoms with E-state index in [-0.39, 0.29) is 5.91 Å². The fourth-order valence-corrected chi connectivity index (χ4v) is 3.20. The van der Waals surface area contributed by atoms with E-state index in [1.54, 1.807) is 12.1 Å². The van der Waals surface area contributed by atoms with Crippen LogP contribution >= 0.6 is 11.6 Å². The molecule has 0 unspecified atom stereocenters. The summed E-state index contributed by atoms with van der Waals surface area (Å²) in [4.78, 5) is 13.3. The maximum absolute atomic E-state index is 13.3. The van der Waals surface area contributed by atoms with Gasteiger partial charge < -0.3 is 5.32 Å². The maximum Gasteiger partial charge on any atom is 0.263 e. The molecule has 0 aliphatic carbocycles. The van der Waals surface area contributed by atoms with E-state index in [2.05, 4.69) is 30.0 Å². The Hall–Kier alpha value is -2.20. The summed E-state index contributed by atoms with van der Waals surface area (Å²) in [6.45, 7) is 4.30. The SMILES string of the molecule is CCCCC(CCCC)(Nc1ccccc1)C(=O)NNc1ccc(Cl)cc1. The second kappa shape index (κ2) is 10.8. The molecule has 2 rings (SSSR count). The van der Waals surface area contributed by atoms with Gasteiger partial charge in [0.05, 0.1) is 5.69 Å². The molecular weight excluding hydrogens is 358 g/mol. The molecule has 4 nitrogen and oxygen atoms in total. The monoisotopic (exact) mass is 387 g/mol. The summed E-state index contributed by atoms with van der Waals surface area (Å²) < 4.78 is 0. The predicted molar refractivity (Wildman–Crippen MR) is 115 cm³/mol. The summed E-state index contributed by atoms with van der Waals surface area (Å²) in [7, 11) is 0. The van der Waals surface area contributed by atoms with Crippen LogP contribution in [0.15, 0.2) is 54.6 Å². The van der Waals surface area contributed by atoms with Crippen molar-refractivity contribution in [1.29, 1.82) is 0 Å². The lowest BCUT2D eigenvalue weighted by molar-refractivity contribution is -0.125.